The molecule has 0 spiro atoms. The molecule has 1 N–H and O–H groups in total. The summed E-state index contributed by atoms with van der Waals surface area (Å²) in [6.45, 7) is 3.54. The normalized spacial score (nSPS) is 16.5. The lowest BCUT2D eigenvalue weighted by molar-refractivity contribution is -0.0690. The molecule has 1 aliphatic heterocycles. The zero-order valence-electron chi connectivity index (χ0n) is 10.2. The number of nitriles is 1. The van der Waals surface area contributed by atoms with E-state index in [0.29, 0.717) is 32.1 Å². The predicted molar refractivity (Wildman–Crippen MR) is 64.9 cm³/mol. The van der Waals surface area contributed by atoms with Crippen molar-refractivity contribution in [3.8, 4) is 11.8 Å². The molecule has 1 aromatic carbocycles. The van der Waals surface area contributed by atoms with Gasteiger partial charge in [-0.2, -0.15) is 5.26 Å². The van der Waals surface area contributed by atoms with Crippen molar-refractivity contribution in [1.29, 1.82) is 5.26 Å². The van der Waals surface area contributed by atoms with E-state index in [9.17, 15) is 4.39 Å². The summed E-state index contributed by atoms with van der Waals surface area (Å²) < 4.78 is 23.7. The van der Waals surface area contributed by atoms with Crippen molar-refractivity contribution in [2.75, 3.05) is 31.7 Å². The fourth-order valence-electron chi connectivity index (χ4n) is 1.71. The van der Waals surface area contributed by atoms with Crippen molar-refractivity contribution < 1.29 is 13.9 Å². The van der Waals surface area contributed by atoms with Crippen LogP contribution in [0.4, 0.5) is 10.1 Å². The van der Waals surface area contributed by atoms with Gasteiger partial charge < -0.3 is 14.8 Å². The second-order valence-electron chi connectivity index (χ2n) is 4.32. The van der Waals surface area contributed by atoms with Gasteiger partial charge in [0.1, 0.15) is 5.41 Å². The zero-order valence-corrected chi connectivity index (χ0v) is 10.2. The molecule has 18 heavy (non-hydrogen) atoms. The van der Waals surface area contributed by atoms with E-state index < -0.39 is 11.2 Å². The first-order valence-corrected chi connectivity index (χ1v) is 5.84. The van der Waals surface area contributed by atoms with E-state index in [2.05, 4.69) is 11.4 Å². The van der Waals surface area contributed by atoms with Crippen LogP contribution >= 0.6 is 0 Å². The average molecular weight is 250 g/mol. The lowest BCUT2D eigenvalue weighted by atomic mass is 9.88. The molecule has 0 aliphatic carbocycles. The third-order valence-corrected chi connectivity index (χ3v) is 2.86. The minimum Gasteiger partial charge on any atom is -0.491 e. The molecular weight excluding hydrogens is 235 g/mol. The number of hydrogen-bond acceptors (Lipinski definition) is 4. The quantitative estimate of drug-likeness (QED) is 0.870. The summed E-state index contributed by atoms with van der Waals surface area (Å²) in [5.74, 6) is -0.164. The lowest BCUT2D eigenvalue weighted by Crippen LogP contribution is -2.46. The Kier molecular flexibility index (Phi) is 3.68. The highest BCUT2D eigenvalue weighted by Crippen LogP contribution is 2.28. The maximum absolute atomic E-state index is 13.6. The van der Waals surface area contributed by atoms with Crippen LogP contribution in [0.25, 0.3) is 0 Å². The summed E-state index contributed by atoms with van der Waals surface area (Å²) in [4.78, 5) is 0. The topological polar surface area (TPSA) is 54.3 Å². The SMILES string of the molecule is CCOc1ccc(NCC2(C#N)COC2)cc1F. The van der Waals surface area contributed by atoms with Gasteiger partial charge in [-0.05, 0) is 19.1 Å². The van der Waals surface area contributed by atoms with Gasteiger partial charge in [0.2, 0.25) is 0 Å². The highest BCUT2D eigenvalue weighted by molar-refractivity contribution is 5.47. The molecule has 1 heterocycles. The number of nitrogens with zero attached hydrogens (tertiary/aromatic N) is 1. The molecule has 4 nitrogen and oxygen atoms in total. The second-order valence-corrected chi connectivity index (χ2v) is 4.32. The van der Waals surface area contributed by atoms with Gasteiger partial charge >= 0.3 is 0 Å². The molecular formula is C13H15FN2O2. The first kappa shape index (κ1) is 12.7. The van der Waals surface area contributed by atoms with E-state index in [0.717, 1.165) is 0 Å². The fourth-order valence-corrected chi connectivity index (χ4v) is 1.71. The van der Waals surface area contributed by atoms with Crippen molar-refractivity contribution in [2.24, 2.45) is 5.41 Å². The summed E-state index contributed by atoms with van der Waals surface area (Å²) in [6, 6.07) is 6.91. The van der Waals surface area contributed by atoms with E-state index in [4.69, 9.17) is 14.7 Å². The molecule has 0 unspecified atom stereocenters. The monoisotopic (exact) mass is 250 g/mol. The fraction of sp³-hybridized carbons (Fsp3) is 0.462. The molecule has 1 fully saturated rings. The Bertz CT molecular complexity index is 467. The van der Waals surface area contributed by atoms with Crippen molar-refractivity contribution in [3.63, 3.8) is 0 Å². The molecule has 96 valence electrons. The first-order valence-electron chi connectivity index (χ1n) is 5.84. The second kappa shape index (κ2) is 5.23. The van der Waals surface area contributed by atoms with Gasteiger partial charge in [-0.3, -0.25) is 0 Å². The predicted octanol–water partition coefficient (Wildman–Crippen LogP) is 2.18. The molecule has 0 saturated carbocycles. The number of anilines is 1. The van der Waals surface area contributed by atoms with Gasteiger partial charge in [-0.25, -0.2) is 4.39 Å². The van der Waals surface area contributed by atoms with Gasteiger partial charge in [0.05, 0.1) is 25.9 Å². The summed E-state index contributed by atoms with van der Waals surface area (Å²) in [6.07, 6.45) is 0. The largest absolute Gasteiger partial charge is 0.491 e. The van der Waals surface area contributed by atoms with Crippen molar-refractivity contribution in [3.05, 3.63) is 24.0 Å². The van der Waals surface area contributed by atoms with Crippen LogP contribution in [0.15, 0.2) is 18.2 Å². The molecule has 5 heteroatoms. The Morgan fingerprint density at radius 1 is 1.56 bits per heavy atom. The van der Waals surface area contributed by atoms with Crippen LogP contribution in [-0.2, 0) is 4.74 Å². The van der Waals surface area contributed by atoms with E-state index in [-0.39, 0.29) is 5.75 Å². The van der Waals surface area contributed by atoms with Crippen LogP contribution in [0.2, 0.25) is 0 Å². The Labute approximate surface area is 105 Å². The summed E-state index contributed by atoms with van der Waals surface area (Å²) in [5, 5.41) is 12.1. The molecule has 2 rings (SSSR count). The Morgan fingerprint density at radius 3 is 2.83 bits per heavy atom. The highest BCUT2D eigenvalue weighted by Gasteiger charge is 2.38. The first-order chi connectivity index (χ1) is 8.69. The number of halogens is 1. The van der Waals surface area contributed by atoms with E-state index in [1.807, 2.05) is 0 Å². The number of nitrogens with one attached hydrogen (secondary N) is 1. The third-order valence-electron chi connectivity index (χ3n) is 2.86. The van der Waals surface area contributed by atoms with Crippen LogP contribution in [-0.4, -0.2) is 26.4 Å². The van der Waals surface area contributed by atoms with Crippen molar-refractivity contribution in [2.45, 2.75) is 6.92 Å². The zero-order chi connectivity index (χ0) is 13.0. The molecule has 0 atom stereocenters. The standard InChI is InChI=1S/C13H15FN2O2/c1-2-18-12-4-3-10(5-11(12)14)16-7-13(6-15)8-17-9-13/h3-5,16H,2,7-9H2,1H3. The van der Waals surface area contributed by atoms with Gasteiger partial charge in [0.25, 0.3) is 0 Å². The Balaban J connectivity index is 1.98. The van der Waals surface area contributed by atoms with Gasteiger partial charge in [0.15, 0.2) is 11.6 Å². The van der Waals surface area contributed by atoms with Crippen LogP contribution in [0.1, 0.15) is 6.92 Å². The minimum absolute atomic E-state index is 0.241. The summed E-state index contributed by atoms with van der Waals surface area (Å²) >= 11 is 0. The molecule has 1 aromatic rings. The Hall–Kier alpha value is -1.80. The van der Waals surface area contributed by atoms with E-state index in [1.54, 1.807) is 19.1 Å². The minimum atomic E-state index is -0.477. The van der Waals surface area contributed by atoms with Gasteiger partial charge in [-0.15, -0.1) is 0 Å². The van der Waals surface area contributed by atoms with Crippen molar-refractivity contribution >= 4 is 5.69 Å². The average Bonchev–Trinajstić information content (AvgIpc) is 2.32. The maximum atomic E-state index is 13.6. The Morgan fingerprint density at radius 2 is 2.33 bits per heavy atom. The van der Waals surface area contributed by atoms with Crippen LogP contribution in [0.5, 0.6) is 5.75 Å². The number of rotatable bonds is 5. The smallest absolute Gasteiger partial charge is 0.167 e. The van der Waals surface area contributed by atoms with Crippen LogP contribution < -0.4 is 10.1 Å². The van der Waals surface area contributed by atoms with Gasteiger partial charge in [0, 0.05) is 18.3 Å². The molecule has 0 aromatic heterocycles. The molecule has 0 amide bonds. The lowest BCUT2D eigenvalue weighted by Gasteiger charge is -2.35. The summed E-state index contributed by atoms with van der Waals surface area (Å²) in [5.41, 5.74) is 0.159. The summed E-state index contributed by atoms with van der Waals surface area (Å²) in [7, 11) is 0. The number of hydrogen-bond donors (Lipinski definition) is 1. The van der Waals surface area contributed by atoms with Crippen LogP contribution in [0, 0.1) is 22.6 Å². The van der Waals surface area contributed by atoms with Crippen molar-refractivity contribution in [1.82, 2.24) is 0 Å². The van der Waals surface area contributed by atoms with E-state index in [1.165, 1.54) is 6.07 Å². The number of benzene rings is 1. The maximum Gasteiger partial charge on any atom is 0.167 e. The number of ether oxygens (including phenoxy) is 2. The third kappa shape index (κ3) is 2.54. The molecule has 1 aliphatic rings. The van der Waals surface area contributed by atoms with Crippen LogP contribution in [0.3, 0.4) is 0 Å². The highest BCUT2D eigenvalue weighted by atomic mass is 19.1. The van der Waals surface area contributed by atoms with E-state index >= 15 is 0 Å². The molecule has 1 saturated heterocycles. The van der Waals surface area contributed by atoms with Gasteiger partial charge in [-0.1, -0.05) is 0 Å². The molecule has 0 bridgehead atoms. The molecule has 0 radical (unpaired) electrons.